The predicted molar refractivity (Wildman–Crippen MR) is 79.4 cm³/mol. The number of nitrogens with zero attached hydrogens (tertiary/aromatic N) is 4. The van der Waals surface area contributed by atoms with Gasteiger partial charge in [0.05, 0.1) is 5.54 Å². The number of nitrogens with two attached hydrogens (primary N) is 1. The van der Waals surface area contributed by atoms with E-state index in [4.69, 9.17) is 5.73 Å². The maximum absolute atomic E-state index is 5.88. The van der Waals surface area contributed by atoms with Gasteiger partial charge in [-0.1, -0.05) is 6.07 Å². The average molecular weight is 269 g/mol. The fraction of sp³-hybridized carbons (Fsp3) is 0.400. The largest absolute Gasteiger partial charge is 0.384 e. The van der Waals surface area contributed by atoms with Crippen LogP contribution in [0.1, 0.15) is 31.3 Å². The van der Waals surface area contributed by atoms with Gasteiger partial charge in [0, 0.05) is 24.5 Å². The Morgan fingerprint density at radius 3 is 2.85 bits per heavy atom. The first-order valence-electron chi connectivity index (χ1n) is 6.90. The smallest absolute Gasteiger partial charge is 0.156 e. The topological polar surface area (TPSA) is 67.9 Å². The van der Waals surface area contributed by atoms with Gasteiger partial charge < -0.3 is 10.6 Å². The number of rotatable bonds is 2. The van der Waals surface area contributed by atoms with Gasteiger partial charge in [0.25, 0.3) is 0 Å². The molecule has 1 saturated heterocycles. The summed E-state index contributed by atoms with van der Waals surface area (Å²) in [6, 6.07) is 7.76. The standard InChI is InChI=1S/C15H19N5/c1-11-10-12(16)19-14(18-11)15(2)7-5-9-20(15)13-6-3-4-8-17-13/h3-4,6,8,10H,5,7,9H2,1-2H3,(H2,16,18,19)/t15-/m1/s1. The van der Waals surface area contributed by atoms with Gasteiger partial charge in [0.15, 0.2) is 5.82 Å². The molecule has 2 aromatic heterocycles. The number of anilines is 2. The van der Waals surface area contributed by atoms with Crippen LogP contribution in [0.5, 0.6) is 0 Å². The van der Waals surface area contributed by atoms with E-state index in [1.54, 1.807) is 6.07 Å². The molecule has 5 heteroatoms. The van der Waals surface area contributed by atoms with E-state index in [0.717, 1.165) is 36.7 Å². The quantitative estimate of drug-likeness (QED) is 0.906. The summed E-state index contributed by atoms with van der Waals surface area (Å²) in [5.74, 6) is 2.29. The Kier molecular flexibility index (Phi) is 3.04. The molecular weight excluding hydrogens is 250 g/mol. The van der Waals surface area contributed by atoms with Crippen LogP contribution in [0.15, 0.2) is 30.5 Å². The summed E-state index contributed by atoms with van der Waals surface area (Å²) >= 11 is 0. The lowest BCUT2D eigenvalue weighted by atomic mass is 9.97. The summed E-state index contributed by atoms with van der Waals surface area (Å²) in [4.78, 5) is 15.8. The molecule has 0 spiro atoms. The SMILES string of the molecule is Cc1cc(N)nc([C@@]2(C)CCCN2c2ccccn2)n1. The zero-order valence-electron chi connectivity index (χ0n) is 11.9. The Morgan fingerprint density at radius 2 is 2.15 bits per heavy atom. The minimum atomic E-state index is -0.242. The number of aromatic nitrogens is 3. The van der Waals surface area contributed by atoms with Crippen molar-refractivity contribution in [1.82, 2.24) is 15.0 Å². The normalized spacial score (nSPS) is 22.2. The van der Waals surface area contributed by atoms with Gasteiger partial charge in [0.1, 0.15) is 11.6 Å². The molecule has 3 rings (SSSR count). The van der Waals surface area contributed by atoms with E-state index in [-0.39, 0.29) is 5.54 Å². The molecule has 1 atom stereocenters. The number of hydrogen-bond donors (Lipinski definition) is 1. The third kappa shape index (κ3) is 2.09. The highest BCUT2D eigenvalue weighted by molar-refractivity contribution is 5.45. The summed E-state index contributed by atoms with van der Waals surface area (Å²) in [7, 11) is 0. The summed E-state index contributed by atoms with van der Waals surface area (Å²) in [6.45, 7) is 5.08. The van der Waals surface area contributed by atoms with E-state index >= 15 is 0 Å². The molecule has 104 valence electrons. The second-order valence-electron chi connectivity index (χ2n) is 5.47. The van der Waals surface area contributed by atoms with Gasteiger partial charge >= 0.3 is 0 Å². The van der Waals surface area contributed by atoms with Crippen LogP contribution in [0.3, 0.4) is 0 Å². The third-order valence-corrected chi connectivity index (χ3v) is 3.92. The Hall–Kier alpha value is -2.17. The monoisotopic (exact) mass is 269 g/mol. The molecule has 3 heterocycles. The van der Waals surface area contributed by atoms with Crippen molar-refractivity contribution >= 4 is 11.6 Å². The second-order valence-corrected chi connectivity index (χ2v) is 5.47. The van der Waals surface area contributed by atoms with Crippen molar-refractivity contribution < 1.29 is 0 Å². The van der Waals surface area contributed by atoms with E-state index in [1.807, 2.05) is 31.3 Å². The van der Waals surface area contributed by atoms with Crippen LogP contribution >= 0.6 is 0 Å². The molecule has 0 saturated carbocycles. The van der Waals surface area contributed by atoms with Gasteiger partial charge in [-0.2, -0.15) is 0 Å². The van der Waals surface area contributed by atoms with Crippen LogP contribution in [0, 0.1) is 6.92 Å². The maximum Gasteiger partial charge on any atom is 0.156 e. The number of hydrogen-bond acceptors (Lipinski definition) is 5. The van der Waals surface area contributed by atoms with Crippen LogP contribution in [0.4, 0.5) is 11.6 Å². The molecule has 0 aromatic carbocycles. The molecule has 2 aromatic rings. The average Bonchev–Trinajstić information content (AvgIpc) is 2.82. The van der Waals surface area contributed by atoms with Gasteiger partial charge in [-0.05, 0) is 38.8 Å². The third-order valence-electron chi connectivity index (χ3n) is 3.92. The van der Waals surface area contributed by atoms with E-state index in [1.165, 1.54) is 0 Å². The lowest BCUT2D eigenvalue weighted by molar-refractivity contribution is 0.457. The Balaban J connectivity index is 2.05. The lowest BCUT2D eigenvalue weighted by Gasteiger charge is -2.35. The van der Waals surface area contributed by atoms with Crippen molar-refractivity contribution in [3.05, 3.63) is 42.0 Å². The first-order valence-corrected chi connectivity index (χ1v) is 6.90. The van der Waals surface area contributed by atoms with Crippen LogP contribution < -0.4 is 10.6 Å². The van der Waals surface area contributed by atoms with Gasteiger partial charge in [-0.15, -0.1) is 0 Å². The second kappa shape index (κ2) is 4.74. The Morgan fingerprint density at radius 1 is 1.30 bits per heavy atom. The van der Waals surface area contributed by atoms with Gasteiger partial charge in [0.2, 0.25) is 0 Å². The van der Waals surface area contributed by atoms with Gasteiger partial charge in [-0.25, -0.2) is 15.0 Å². The number of nitrogen functional groups attached to an aromatic ring is 1. The van der Waals surface area contributed by atoms with Crippen LogP contribution in [-0.2, 0) is 5.54 Å². The molecular formula is C15H19N5. The molecule has 0 radical (unpaired) electrons. The van der Waals surface area contributed by atoms with Crippen molar-refractivity contribution in [2.24, 2.45) is 0 Å². The molecule has 1 aliphatic rings. The maximum atomic E-state index is 5.88. The first kappa shape index (κ1) is 12.8. The Bertz CT molecular complexity index is 593. The minimum Gasteiger partial charge on any atom is -0.384 e. The van der Waals surface area contributed by atoms with Crippen molar-refractivity contribution in [3.8, 4) is 0 Å². The fourth-order valence-electron chi connectivity index (χ4n) is 2.91. The minimum absolute atomic E-state index is 0.242. The molecule has 0 aliphatic carbocycles. The molecule has 5 nitrogen and oxygen atoms in total. The van der Waals surface area contributed by atoms with Crippen LogP contribution in [0.25, 0.3) is 0 Å². The summed E-state index contributed by atoms with van der Waals surface area (Å²) in [6.07, 6.45) is 3.93. The summed E-state index contributed by atoms with van der Waals surface area (Å²) in [5.41, 5.74) is 6.55. The van der Waals surface area contributed by atoms with Crippen LogP contribution in [-0.4, -0.2) is 21.5 Å². The van der Waals surface area contributed by atoms with Crippen molar-refractivity contribution in [2.45, 2.75) is 32.2 Å². The van der Waals surface area contributed by atoms with Gasteiger partial charge in [-0.3, -0.25) is 0 Å². The van der Waals surface area contributed by atoms with E-state index < -0.39 is 0 Å². The number of aryl methyl sites for hydroxylation is 1. The number of pyridine rings is 1. The highest BCUT2D eigenvalue weighted by Gasteiger charge is 2.41. The molecule has 0 bridgehead atoms. The molecule has 1 fully saturated rings. The first-order chi connectivity index (χ1) is 9.59. The molecule has 0 amide bonds. The Labute approximate surface area is 118 Å². The van der Waals surface area contributed by atoms with Crippen molar-refractivity contribution in [3.63, 3.8) is 0 Å². The van der Waals surface area contributed by atoms with E-state index in [0.29, 0.717) is 5.82 Å². The van der Waals surface area contributed by atoms with Crippen LogP contribution in [0.2, 0.25) is 0 Å². The zero-order chi connectivity index (χ0) is 14.2. The highest BCUT2D eigenvalue weighted by Crippen LogP contribution is 2.39. The van der Waals surface area contributed by atoms with E-state index in [2.05, 4.69) is 26.8 Å². The zero-order valence-corrected chi connectivity index (χ0v) is 11.9. The fourth-order valence-corrected chi connectivity index (χ4v) is 2.91. The van der Waals surface area contributed by atoms with Crippen molar-refractivity contribution in [2.75, 3.05) is 17.2 Å². The molecule has 1 aliphatic heterocycles. The summed E-state index contributed by atoms with van der Waals surface area (Å²) in [5, 5.41) is 0. The molecule has 0 unspecified atom stereocenters. The van der Waals surface area contributed by atoms with Crippen molar-refractivity contribution in [1.29, 1.82) is 0 Å². The predicted octanol–water partition coefficient (Wildman–Crippen LogP) is 2.28. The lowest BCUT2D eigenvalue weighted by Crippen LogP contribution is -2.41. The molecule has 20 heavy (non-hydrogen) atoms. The van der Waals surface area contributed by atoms with E-state index in [9.17, 15) is 0 Å². The highest BCUT2D eigenvalue weighted by atomic mass is 15.3. The summed E-state index contributed by atoms with van der Waals surface area (Å²) < 4.78 is 0. The molecule has 2 N–H and O–H groups in total.